The van der Waals surface area contributed by atoms with Crippen LogP contribution >= 0.6 is 0 Å². The molecule has 2 aromatic heterocycles. The number of anilines is 1. The monoisotopic (exact) mass is 350 g/mol. The summed E-state index contributed by atoms with van der Waals surface area (Å²) < 4.78 is 5.43. The fraction of sp³-hybridized carbons (Fsp3) is 0.524. The molecule has 26 heavy (non-hydrogen) atoms. The van der Waals surface area contributed by atoms with Gasteiger partial charge in [-0.2, -0.15) is 0 Å². The van der Waals surface area contributed by atoms with E-state index in [9.17, 15) is 0 Å². The molecular formula is C21H26N4O. The minimum atomic E-state index is 0.610. The standard InChI is InChI=1S/C21H26N4O/c1-4-16-6-5-9-25(16)18-11-15(19-12(2)24-26-13(19)3)10-17-20(18)23-21(22-17)14-7-8-14/h10-11,14,16H,4-9H2,1-3H3,(H,22,23). The molecule has 2 aliphatic rings. The summed E-state index contributed by atoms with van der Waals surface area (Å²) in [6, 6.07) is 5.14. The number of fused-ring (bicyclic) bond motifs is 1. The maximum atomic E-state index is 5.43. The van der Waals surface area contributed by atoms with Crippen molar-refractivity contribution in [2.24, 2.45) is 0 Å². The molecule has 0 spiro atoms. The van der Waals surface area contributed by atoms with Crippen molar-refractivity contribution < 1.29 is 4.52 Å². The van der Waals surface area contributed by atoms with Gasteiger partial charge >= 0.3 is 0 Å². The van der Waals surface area contributed by atoms with E-state index in [0.717, 1.165) is 40.4 Å². The van der Waals surface area contributed by atoms with Crippen LogP contribution in [0.15, 0.2) is 16.7 Å². The predicted molar refractivity (Wildman–Crippen MR) is 104 cm³/mol. The molecule has 1 aromatic carbocycles. The highest BCUT2D eigenvalue weighted by Crippen LogP contribution is 2.42. The summed E-state index contributed by atoms with van der Waals surface area (Å²) in [5.74, 6) is 2.66. The number of aromatic amines is 1. The highest BCUT2D eigenvalue weighted by molar-refractivity contribution is 5.94. The van der Waals surface area contributed by atoms with Crippen LogP contribution in [0.2, 0.25) is 0 Å². The number of benzene rings is 1. The third-order valence-corrected chi connectivity index (χ3v) is 6.03. The fourth-order valence-corrected chi connectivity index (χ4v) is 4.50. The van der Waals surface area contributed by atoms with Crippen molar-refractivity contribution in [1.29, 1.82) is 0 Å². The zero-order valence-electron chi connectivity index (χ0n) is 15.8. The Labute approximate surface area is 153 Å². The Bertz CT molecular complexity index is 946. The van der Waals surface area contributed by atoms with Gasteiger partial charge in [-0.15, -0.1) is 0 Å². The van der Waals surface area contributed by atoms with Crippen LogP contribution in [0.4, 0.5) is 5.69 Å². The first-order valence-electron chi connectivity index (χ1n) is 9.89. The topological polar surface area (TPSA) is 58.0 Å². The lowest BCUT2D eigenvalue weighted by Crippen LogP contribution is -2.28. The minimum absolute atomic E-state index is 0.610. The van der Waals surface area contributed by atoms with Crippen LogP contribution in [0.1, 0.15) is 62.2 Å². The molecule has 1 unspecified atom stereocenters. The van der Waals surface area contributed by atoms with E-state index in [2.05, 4.69) is 34.1 Å². The molecule has 1 saturated carbocycles. The molecule has 5 rings (SSSR count). The number of nitrogens with zero attached hydrogens (tertiary/aromatic N) is 3. The van der Waals surface area contributed by atoms with E-state index >= 15 is 0 Å². The van der Waals surface area contributed by atoms with Gasteiger partial charge in [-0.05, 0) is 63.6 Å². The molecule has 1 aliphatic heterocycles. The highest BCUT2D eigenvalue weighted by atomic mass is 16.5. The van der Waals surface area contributed by atoms with E-state index in [4.69, 9.17) is 9.51 Å². The predicted octanol–water partition coefficient (Wildman–Crippen LogP) is 5.09. The number of aryl methyl sites for hydroxylation is 2. The Morgan fingerprint density at radius 1 is 1.23 bits per heavy atom. The van der Waals surface area contributed by atoms with Crippen molar-refractivity contribution in [1.82, 2.24) is 15.1 Å². The summed E-state index contributed by atoms with van der Waals surface area (Å²) in [6.45, 7) is 7.41. The zero-order valence-corrected chi connectivity index (χ0v) is 15.8. The van der Waals surface area contributed by atoms with Gasteiger partial charge in [0.1, 0.15) is 17.1 Å². The molecule has 1 saturated heterocycles. The number of hydrogen-bond donors (Lipinski definition) is 1. The van der Waals surface area contributed by atoms with Crippen LogP contribution in [0.5, 0.6) is 0 Å². The van der Waals surface area contributed by atoms with Crippen molar-refractivity contribution in [3.63, 3.8) is 0 Å². The molecular weight excluding hydrogens is 324 g/mol. The van der Waals surface area contributed by atoms with Gasteiger partial charge in [-0.25, -0.2) is 4.98 Å². The van der Waals surface area contributed by atoms with E-state index < -0.39 is 0 Å². The van der Waals surface area contributed by atoms with Crippen LogP contribution in [0, 0.1) is 13.8 Å². The smallest absolute Gasteiger partial charge is 0.141 e. The summed E-state index contributed by atoms with van der Waals surface area (Å²) in [4.78, 5) is 11.2. The maximum absolute atomic E-state index is 5.43. The Hall–Kier alpha value is -2.30. The summed E-state index contributed by atoms with van der Waals surface area (Å²) in [7, 11) is 0. The average molecular weight is 350 g/mol. The Morgan fingerprint density at radius 3 is 2.77 bits per heavy atom. The van der Waals surface area contributed by atoms with E-state index in [1.54, 1.807) is 0 Å². The average Bonchev–Trinajstić information content (AvgIpc) is 3.08. The zero-order chi connectivity index (χ0) is 17.8. The number of nitrogens with one attached hydrogen (secondary N) is 1. The third kappa shape index (κ3) is 2.44. The van der Waals surface area contributed by atoms with Crippen LogP contribution in [-0.4, -0.2) is 27.7 Å². The minimum Gasteiger partial charge on any atom is -0.367 e. The number of rotatable bonds is 4. The first kappa shape index (κ1) is 15.9. The van der Waals surface area contributed by atoms with Gasteiger partial charge in [0, 0.05) is 24.1 Å². The van der Waals surface area contributed by atoms with Crippen molar-refractivity contribution >= 4 is 16.7 Å². The molecule has 0 radical (unpaired) electrons. The van der Waals surface area contributed by atoms with Gasteiger partial charge in [0.15, 0.2) is 0 Å². The lowest BCUT2D eigenvalue weighted by molar-refractivity contribution is 0.393. The van der Waals surface area contributed by atoms with Gasteiger partial charge in [-0.3, -0.25) is 0 Å². The first-order chi connectivity index (χ1) is 12.7. The Kier molecular flexibility index (Phi) is 3.59. The summed E-state index contributed by atoms with van der Waals surface area (Å²) in [6.07, 6.45) is 6.22. The second kappa shape index (κ2) is 5.86. The Balaban J connectivity index is 1.72. The summed E-state index contributed by atoms with van der Waals surface area (Å²) >= 11 is 0. The second-order valence-corrected chi connectivity index (χ2v) is 7.88. The molecule has 2 fully saturated rings. The van der Waals surface area contributed by atoms with Crippen molar-refractivity contribution in [3.8, 4) is 11.1 Å². The molecule has 0 bridgehead atoms. The number of H-pyrrole nitrogens is 1. The summed E-state index contributed by atoms with van der Waals surface area (Å²) in [5.41, 5.74) is 6.77. The SMILES string of the molecule is CCC1CCCN1c1cc(-c2c(C)noc2C)cc2[nH]c(C3CC3)nc12. The van der Waals surface area contributed by atoms with Crippen LogP contribution < -0.4 is 4.90 Å². The van der Waals surface area contributed by atoms with Crippen molar-refractivity contribution in [2.45, 2.75) is 64.8 Å². The summed E-state index contributed by atoms with van der Waals surface area (Å²) in [5, 5.41) is 4.16. The van der Waals surface area contributed by atoms with Gasteiger partial charge in [0.05, 0.1) is 16.9 Å². The lowest BCUT2D eigenvalue weighted by Gasteiger charge is -2.26. The molecule has 3 heterocycles. The van der Waals surface area contributed by atoms with E-state index in [1.807, 2.05) is 13.8 Å². The number of aromatic nitrogens is 3. The van der Waals surface area contributed by atoms with E-state index in [-0.39, 0.29) is 0 Å². The number of imidazole rings is 1. The number of hydrogen-bond acceptors (Lipinski definition) is 4. The molecule has 1 atom stereocenters. The van der Waals surface area contributed by atoms with Gasteiger partial charge in [-0.1, -0.05) is 12.1 Å². The lowest BCUT2D eigenvalue weighted by atomic mass is 10.0. The second-order valence-electron chi connectivity index (χ2n) is 7.88. The fourth-order valence-electron chi connectivity index (χ4n) is 4.50. The third-order valence-electron chi connectivity index (χ3n) is 6.03. The first-order valence-corrected chi connectivity index (χ1v) is 9.89. The largest absolute Gasteiger partial charge is 0.367 e. The Morgan fingerprint density at radius 2 is 2.08 bits per heavy atom. The normalized spacial score (nSPS) is 20.4. The quantitative estimate of drug-likeness (QED) is 0.712. The molecule has 136 valence electrons. The van der Waals surface area contributed by atoms with Crippen LogP contribution in [0.25, 0.3) is 22.2 Å². The van der Waals surface area contributed by atoms with Crippen LogP contribution in [-0.2, 0) is 0 Å². The van der Waals surface area contributed by atoms with Gasteiger partial charge in [0.25, 0.3) is 0 Å². The molecule has 5 nitrogen and oxygen atoms in total. The van der Waals surface area contributed by atoms with Crippen molar-refractivity contribution in [2.75, 3.05) is 11.4 Å². The molecule has 5 heteroatoms. The van der Waals surface area contributed by atoms with Gasteiger partial charge in [0.2, 0.25) is 0 Å². The maximum Gasteiger partial charge on any atom is 0.141 e. The van der Waals surface area contributed by atoms with Crippen LogP contribution in [0.3, 0.4) is 0 Å². The molecule has 1 N–H and O–H groups in total. The molecule has 0 amide bonds. The van der Waals surface area contributed by atoms with E-state index in [1.165, 1.54) is 43.4 Å². The van der Waals surface area contributed by atoms with Gasteiger partial charge < -0.3 is 14.4 Å². The molecule has 1 aliphatic carbocycles. The molecule has 3 aromatic rings. The highest BCUT2D eigenvalue weighted by Gasteiger charge is 2.30. The van der Waals surface area contributed by atoms with Crippen molar-refractivity contribution in [3.05, 3.63) is 29.4 Å². The van der Waals surface area contributed by atoms with E-state index in [0.29, 0.717) is 12.0 Å².